The molecular formula is C14H12Br2ClN3O. The Hall–Kier alpha value is -1.11. The van der Waals surface area contributed by atoms with Gasteiger partial charge in [0.2, 0.25) is 0 Å². The molecule has 0 aliphatic heterocycles. The smallest absolute Gasteiger partial charge is 0.258 e. The zero-order valence-corrected chi connectivity index (χ0v) is 15.3. The molecule has 0 fully saturated rings. The number of halogens is 3. The van der Waals surface area contributed by atoms with Crippen LogP contribution in [0.3, 0.4) is 0 Å². The van der Waals surface area contributed by atoms with Crippen LogP contribution in [0.5, 0.6) is 0 Å². The largest absolute Gasteiger partial charge is 0.376 e. The molecule has 0 radical (unpaired) electrons. The summed E-state index contributed by atoms with van der Waals surface area (Å²) in [5.74, 6) is -0.310. The molecule has 2 rings (SSSR count). The number of benzene rings is 1. The van der Waals surface area contributed by atoms with Crippen molar-refractivity contribution >= 4 is 60.7 Å². The highest BCUT2D eigenvalue weighted by Gasteiger charge is 2.15. The number of nitrogens with one attached hydrogen (secondary N) is 1. The third-order valence-corrected chi connectivity index (χ3v) is 3.97. The van der Waals surface area contributed by atoms with E-state index in [1.54, 1.807) is 12.3 Å². The highest BCUT2D eigenvalue weighted by Crippen LogP contribution is 2.29. The first-order valence-electron chi connectivity index (χ1n) is 5.97. The molecule has 0 bridgehead atoms. The maximum Gasteiger partial charge on any atom is 0.258 e. The van der Waals surface area contributed by atoms with Gasteiger partial charge in [-0.2, -0.15) is 0 Å². The van der Waals surface area contributed by atoms with Crippen LogP contribution in [-0.2, 0) is 0 Å². The number of hydrogen-bond donors (Lipinski definition) is 1. The lowest BCUT2D eigenvalue weighted by Gasteiger charge is -2.18. The Morgan fingerprint density at radius 3 is 2.62 bits per heavy atom. The summed E-state index contributed by atoms with van der Waals surface area (Å²) in [7, 11) is 3.82. The van der Waals surface area contributed by atoms with E-state index < -0.39 is 0 Å². The number of carbonyl (C=O) groups is 1. The predicted molar refractivity (Wildman–Crippen MR) is 93.4 cm³/mol. The normalized spacial score (nSPS) is 10.3. The monoisotopic (exact) mass is 431 g/mol. The van der Waals surface area contributed by atoms with Gasteiger partial charge >= 0.3 is 0 Å². The van der Waals surface area contributed by atoms with Gasteiger partial charge in [-0.15, -0.1) is 0 Å². The lowest BCUT2D eigenvalue weighted by Crippen LogP contribution is -2.17. The third-order valence-electron chi connectivity index (χ3n) is 2.74. The molecule has 0 saturated heterocycles. The summed E-state index contributed by atoms with van der Waals surface area (Å²) < 4.78 is 1.57. The minimum atomic E-state index is -0.310. The Morgan fingerprint density at radius 1 is 1.24 bits per heavy atom. The van der Waals surface area contributed by atoms with E-state index in [2.05, 4.69) is 42.2 Å². The van der Waals surface area contributed by atoms with Crippen molar-refractivity contribution in [3.63, 3.8) is 0 Å². The quantitative estimate of drug-likeness (QED) is 0.721. The van der Waals surface area contributed by atoms with Gasteiger partial charge in [-0.3, -0.25) is 4.79 Å². The van der Waals surface area contributed by atoms with Gasteiger partial charge in [-0.1, -0.05) is 27.5 Å². The van der Waals surface area contributed by atoms with Crippen molar-refractivity contribution < 1.29 is 4.79 Å². The molecule has 0 aliphatic carbocycles. The molecule has 7 heteroatoms. The molecular weight excluding hydrogens is 421 g/mol. The van der Waals surface area contributed by atoms with E-state index in [0.717, 1.165) is 10.2 Å². The second kappa shape index (κ2) is 6.77. The average molecular weight is 434 g/mol. The molecule has 0 unspecified atom stereocenters. The average Bonchev–Trinajstić information content (AvgIpc) is 2.41. The van der Waals surface area contributed by atoms with Crippen molar-refractivity contribution in [2.24, 2.45) is 0 Å². The van der Waals surface area contributed by atoms with E-state index in [-0.39, 0.29) is 11.1 Å². The number of hydrogen-bond acceptors (Lipinski definition) is 3. The summed E-state index contributed by atoms with van der Waals surface area (Å²) in [5.41, 5.74) is 1.90. The fraction of sp³-hybridized carbons (Fsp3) is 0.143. The molecule has 21 heavy (non-hydrogen) atoms. The molecule has 1 amide bonds. The van der Waals surface area contributed by atoms with Crippen molar-refractivity contribution in [3.8, 4) is 0 Å². The van der Waals surface area contributed by atoms with Crippen LogP contribution < -0.4 is 10.2 Å². The van der Waals surface area contributed by atoms with E-state index in [1.807, 2.05) is 37.2 Å². The fourth-order valence-corrected chi connectivity index (χ4v) is 2.65. The lowest BCUT2D eigenvalue weighted by atomic mass is 10.2. The molecule has 1 aromatic carbocycles. The van der Waals surface area contributed by atoms with E-state index in [9.17, 15) is 4.79 Å². The van der Waals surface area contributed by atoms with E-state index in [1.165, 1.54) is 0 Å². The first kappa shape index (κ1) is 16.3. The summed E-state index contributed by atoms with van der Waals surface area (Å²) in [6.45, 7) is 0. The SMILES string of the molecule is CN(C)c1ccc(Br)cc1NC(=O)c1cc(Br)cnc1Cl. The molecule has 0 aliphatic rings. The topological polar surface area (TPSA) is 45.2 Å². The van der Waals surface area contributed by atoms with Crippen LogP contribution in [0.4, 0.5) is 11.4 Å². The van der Waals surface area contributed by atoms with Crippen LogP contribution in [-0.4, -0.2) is 25.0 Å². The molecule has 4 nitrogen and oxygen atoms in total. The fourth-order valence-electron chi connectivity index (χ4n) is 1.77. The molecule has 1 aromatic heterocycles. The van der Waals surface area contributed by atoms with E-state index in [0.29, 0.717) is 15.7 Å². The number of rotatable bonds is 3. The molecule has 0 atom stereocenters. The van der Waals surface area contributed by atoms with E-state index in [4.69, 9.17) is 11.6 Å². The maximum atomic E-state index is 12.4. The molecule has 110 valence electrons. The number of amides is 1. The Labute approximate surface area is 144 Å². The van der Waals surface area contributed by atoms with Crippen LogP contribution >= 0.6 is 43.5 Å². The van der Waals surface area contributed by atoms with Crippen molar-refractivity contribution in [2.45, 2.75) is 0 Å². The summed E-state index contributed by atoms with van der Waals surface area (Å²) in [5, 5.41) is 3.03. The van der Waals surface area contributed by atoms with Gasteiger partial charge in [0.1, 0.15) is 5.15 Å². The predicted octanol–water partition coefficient (Wildman–Crippen LogP) is 4.58. The van der Waals surface area contributed by atoms with Crippen LogP contribution in [0, 0.1) is 0 Å². The number of pyridine rings is 1. The minimum Gasteiger partial charge on any atom is -0.376 e. The van der Waals surface area contributed by atoms with Crippen molar-refractivity contribution in [1.82, 2.24) is 4.98 Å². The van der Waals surface area contributed by atoms with Crippen molar-refractivity contribution in [2.75, 3.05) is 24.3 Å². The van der Waals surface area contributed by atoms with Crippen LogP contribution in [0.15, 0.2) is 39.4 Å². The third kappa shape index (κ3) is 3.96. The van der Waals surface area contributed by atoms with Crippen LogP contribution in [0.25, 0.3) is 0 Å². The molecule has 0 spiro atoms. The Bertz CT molecular complexity index is 692. The van der Waals surface area contributed by atoms with Gasteiger partial charge in [0.05, 0.1) is 16.9 Å². The maximum absolute atomic E-state index is 12.4. The van der Waals surface area contributed by atoms with Crippen molar-refractivity contribution in [1.29, 1.82) is 0 Å². The minimum absolute atomic E-state index is 0.164. The Kier molecular flexibility index (Phi) is 5.24. The molecule has 1 N–H and O–H groups in total. The van der Waals surface area contributed by atoms with Gasteiger partial charge in [0.15, 0.2) is 0 Å². The van der Waals surface area contributed by atoms with Crippen molar-refractivity contribution in [3.05, 3.63) is 50.1 Å². The first-order valence-corrected chi connectivity index (χ1v) is 7.94. The summed E-state index contributed by atoms with van der Waals surface area (Å²) in [6, 6.07) is 7.31. The second-order valence-electron chi connectivity index (χ2n) is 4.50. The standard InChI is InChI=1S/C14H12Br2ClN3O/c1-20(2)12-4-3-8(15)6-11(12)19-14(21)10-5-9(16)7-18-13(10)17/h3-7H,1-2H3,(H,19,21). The van der Waals surface area contributed by atoms with E-state index >= 15 is 0 Å². The zero-order chi connectivity index (χ0) is 15.6. The summed E-state index contributed by atoms with van der Waals surface area (Å²) in [4.78, 5) is 18.3. The molecule has 0 saturated carbocycles. The highest BCUT2D eigenvalue weighted by atomic mass is 79.9. The van der Waals surface area contributed by atoms with Crippen LogP contribution in [0.2, 0.25) is 5.15 Å². The zero-order valence-electron chi connectivity index (χ0n) is 11.3. The van der Waals surface area contributed by atoms with Gasteiger partial charge in [-0.25, -0.2) is 4.98 Å². The van der Waals surface area contributed by atoms with Gasteiger partial charge in [0, 0.05) is 29.2 Å². The molecule has 2 aromatic rings. The van der Waals surface area contributed by atoms with Gasteiger partial charge in [0.25, 0.3) is 5.91 Å². The highest BCUT2D eigenvalue weighted by molar-refractivity contribution is 9.10. The number of anilines is 2. The van der Waals surface area contributed by atoms with Gasteiger partial charge in [-0.05, 0) is 40.2 Å². The Morgan fingerprint density at radius 2 is 1.95 bits per heavy atom. The Balaban J connectivity index is 2.35. The number of nitrogens with zero attached hydrogens (tertiary/aromatic N) is 2. The summed E-state index contributed by atoms with van der Waals surface area (Å²) in [6.07, 6.45) is 1.55. The summed E-state index contributed by atoms with van der Waals surface area (Å²) >= 11 is 12.7. The van der Waals surface area contributed by atoms with Gasteiger partial charge < -0.3 is 10.2 Å². The number of aromatic nitrogens is 1. The van der Waals surface area contributed by atoms with Crippen LogP contribution in [0.1, 0.15) is 10.4 Å². The lowest BCUT2D eigenvalue weighted by molar-refractivity contribution is 0.102. The second-order valence-corrected chi connectivity index (χ2v) is 6.69. The number of carbonyl (C=O) groups excluding carboxylic acids is 1. The first-order chi connectivity index (χ1) is 9.88. The molecule has 1 heterocycles.